The van der Waals surface area contributed by atoms with Gasteiger partial charge in [0.15, 0.2) is 5.60 Å². The SMILES string of the molecule is CCC1C[C@](O)(C(F)(F)F)C(Nc2cccc3[nH]c(=O)ccc23)c2cc(C)c(C)c(O)c21. The van der Waals surface area contributed by atoms with Crippen molar-refractivity contribution in [1.29, 1.82) is 0 Å². The van der Waals surface area contributed by atoms with Crippen molar-refractivity contribution in [3.63, 3.8) is 0 Å². The van der Waals surface area contributed by atoms with Gasteiger partial charge in [0.05, 0.1) is 11.6 Å². The van der Waals surface area contributed by atoms with Crippen molar-refractivity contribution < 1.29 is 23.4 Å². The minimum atomic E-state index is -4.91. The van der Waals surface area contributed by atoms with Gasteiger partial charge in [-0.15, -0.1) is 0 Å². The Morgan fingerprint density at radius 3 is 2.59 bits per heavy atom. The summed E-state index contributed by atoms with van der Waals surface area (Å²) in [6, 6.07) is 7.76. The number of anilines is 1. The molecule has 3 atom stereocenters. The Kier molecular flexibility index (Phi) is 5.24. The first-order chi connectivity index (χ1) is 15.0. The molecule has 5 nitrogen and oxygen atoms in total. The lowest BCUT2D eigenvalue weighted by Crippen LogP contribution is -2.55. The maximum Gasteiger partial charge on any atom is 0.419 e. The molecule has 32 heavy (non-hydrogen) atoms. The van der Waals surface area contributed by atoms with E-state index < -0.39 is 30.2 Å². The van der Waals surface area contributed by atoms with Gasteiger partial charge < -0.3 is 20.5 Å². The number of aromatic hydroxyl groups is 1. The van der Waals surface area contributed by atoms with E-state index in [4.69, 9.17) is 0 Å². The Hall–Kier alpha value is -3.00. The lowest BCUT2D eigenvalue weighted by molar-refractivity contribution is -0.272. The molecule has 4 rings (SSSR count). The number of phenolic OH excluding ortho intramolecular Hbond substituents is 1. The fourth-order valence-corrected chi connectivity index (χ4v) is 4.76. The van der Waals surface area contributed by atoms with Crippen LogP contribution in [0.5, 0.6) is 5.75 Å². The molecule has 0 bridgehead atoms. The first-order valence-corrected chi connectivity index (χ1v) is 10.5. The monoisotopic (exact) mass is 446 g/mol. The highest BCUT2D eigenvalue weighted by molar-refractivity contribution is 5.91. The van der Waals surface area contributed by atoms with Crippen molar-refractivity contribution in [3.8, 4) is 5.75 Å². The molecule has 0 radical (unpaired) electrons. The van der Waals surface area contributed by atoms with Gasteiger partial charge in [0.2, 0.25) is 5.56 Å². The number of rotatable bonds is 3. The summed E-state index contributed by atoms with van der Waals surface area (Å²) >= 11 is 0. The summed E-state index contributed by atoms with van der Waals surface area (Å²) in [7, 11) is 0. The van der Waals surface area contributed by atoms with E-state index in [0.29, 0.717) is 39.7 Å². The van der Waals surface area contributed by atoms with Crippen molar-refractivity contribution in [2.75, 3.05) is 5.32 Å². The number of fused-ring (bicyclic) bond motifs is 2. The first-order valence-electron chi connectivity index (χ1n) is 10.5. The second-order valence-corrected chi connectivity index (χ2v) is 8.57. The fraction of sp³-hybridized carbons (Fsp3) is 0.375. The summed E-state index contributed by atoms with van der Waals surface area (Å²) in [4.78, 5) is 14.3. The lowest BCUT2D eigenvalue weighted by Gasteiger charge is -2.46. The Morgan fingerprint density at radius 2 is 1.94 bits per heavy atom. The van der Waals surface area contributed by atoms with Crippen LogP contribution in [0, 0.1) is 13.8 Å². The minimum absolute atomic E-state index is 0.0230. The van der Waals surface area contributed by atoms with Gasteiger partial charge in [0, 0.05) is 22.7 Å². The van der Waals surface area contributed by atoms with E-state index in [9.17, 15) is 28.2 Å². The Bertz CT molecular complexity index is 1250. The summed E-state index contributed by atoms with van der Waals surface area (Å²) in [5.41, 5.74) is -0.669. The number of aliphatic hydroxyl groups is 1. The maximum absolute atomic E-state index is 14.3. The maximum atomic E-state index is 14.3. The lowest BCUT2D eigenvalue weighted by atomic mass is 9.68. The van der Waals surface area contributed by atoms with Crippen LogP contribution in [-0.4, -0.2) is 27.0 Å². The highest BCUT2D eigenvalue weighted by Crippen LogP contribution is 2.55. The molecule has 2 unspecified atom stereocenters. The van der Waals surface area contributed by atoms with E-state index in [0.717, 1.165) is 0 Å². The quantitative estimate of drug-likeness (QED) is 0.446. The molecule has 8 heteroatoms. The molecule has 0 saturated heterocycles. The molecule has 1 heterocycles. The van der Waals surface area contributed by atoms with Crippen molar-refractivity contribution in [2.24, 2.45) is 0 Å². The number of hydrogen-bond donors (Lipinski definition) is 4. The highest BCUT2D eigenvalue weighted by Gasteiger charge is 2.62. The van der Waals surface area contributed by atoms with Crippen molar-refractivity contribution in [3.05, 3.63) is 69.0 Å². The van der Waals surface area contributed by atoms with E-state index in [1.165, 1.54) is 12.1 Å². The minimum Gasteiger partial charge on any atom is -0.507 e. The Balaban J connectivity index is 1.97. The van der Waals surface area contributed by atoms with E-state index in [-0.39, 0.29) is 16.9 Å². The van der Waals surface area contributed by atoms with Gasteiger partial charge in [-0.3, -0.25) is 4.79 Å². The van der Waals surface area contributed by atoms with Gasteiger partial charge in [-0.1, -0.05) is 19.1 Å². The number of nitrogens with one attached hydrogen (secondary N) is 2. The van der Waals surface area contributed by atoms with Crippen molar-refractivity contribution >= 4 is 16.6 Å². The van der Waals surface area contributed by atoms with E-state index >= 15 is 0 Å². The second-order valence-electron chi connectivity index (χ2n) is 8.57. The van der Waals surface area contributed by atoms with Gasteiger partial charge in [-0.25, -0.2) is 0 Å². The van der Waals surface area contributed by atoms with Crippen LogP contribution in [0.25, 0.3) is 10.9 Å². The van der Waals surface area contributed by atoms with Crippen LogP contribution in [0.15, 0.2) is 41.2 Å². The summed E-state index contributed by atoms with van der Waals surface area (Å²) < 4.78 is 43.0. The van der Waals surface area contributed by atoms with E-state index in [1.54, 1.807) is 45.0 Å². The largest absolute Gasteiger partial charge is 0.507 e. The summed E-state index contributed by atoms with van der Waals surface area (Å²) in [5.74, 6) is -0.678. The number of aryl methyl sites for hydroxylation is 1. The van der Waals surface area contributed by atoms with Crippen molar-refractivity contribution in [2.45, 2.75) is 57.3 Å². The number of phenols is 1. The fourth-order valence-electron chi connectivity index (χ4n) is 4.76. The molecular formula is C24H25F3N2O3. The van der Waals surface area contributed by atoms with E-state index in [1.807, 2.05) is 0 Å². The number of aromatic nitrogens is 1. The average molecular weight is 446 g/mol. The van der Waals surface area contributed by atoms with Crippen LogP contribution in [0.1, 0.15) is 54.0 Å². The molecule has 3 aromatic rings. The van der Waals surface area contributed by atoms with Crippen LogP contribution in [0.4, 0.5) is 18.9 Å². The third kappa shape index (κ3) is 3.33. The first kappa shape index (κ1) is 22.2. The predicted molar refractivity (Wildman–Crippen MR) is 117 cm³/mol. The smallest absolute Gasteiger partial charge is 0.419 e. The molecule has 1 aromatic heterocycles. The number of alkyl halides is 3. The van der Waals surface area contributed by atoms with Crippen LogP contribution in [-0.2, 0) is 0 Å². The molecule has 0 fully saturated rings. The third-order valence-electron chi connectivity index (χ3n) is 6.69. The number of pyridine rings is 1. The molecule has 0 saturated carbocycles. The summed E-state index contributed by atoms with van der Waals surface area (Å²) in [6.07, 6.45) is -5.15. The third-order valence-corrected chi connectivity index (χ3v) is 6.69. The van der Waals surface area contributed by atoms with Crippen LogP contribution < -0.4 is 10.9 Å². The molecule has 0 amide bonds. The van der Waals surface area contributed by atoms with Gasteiger partial charge in [-0.05, 0) is 67.5 Å². The van der Waals surface area contributed by atoms with Crippen molar-refractivity contribution in [1.82, 2.24) is 4.98 Å². The normalized spacial score (nSPS) is 23.2. The molecule has 0 spiro atoms. The molecule has 1 aliphatic carbocycles. The summed E-state index contributed by atoms with van der Waals surface area (Å²) in [5, 5.41) is 25.4. The standard InChI is InChI=1S/C24H25F3N2O3/c1-4-14-11-23(32,24(25,26)27)22(16-10-12(2)13(3)21(31)20(14)16)29-18-7-5-6-17-15(18)8-9-19(30)28-17/h5-10,14,22,29,31-32H,4,11H2,1-3H3,(H,28,30)/t14?,22?,23-/m1/s1. The van der Waals surface area contributed by atoms with Crippen LogP contribution in [0.2, 0.25) is 0 Å². The van der Waals surface area contributed by atoms with Gasteiger partial charge in [0.25, 0.3) is 0 Å². The molecule has 0 aliphatic heterocycles. The number of hydrogen-bond acceptors (Lipinski definition) is 4. The van der Waals surface area contributed by atoms with E-state index in [2.05, 4.69) is 10.3 Å². The van der Waals surface area contributed by atoms with Crippen LogP contribution in [0.3, 0.4) is 0 Å². The molecule has 2 aromatic carbocycles. The number of aromatic amines is 1. The predicted octanol–water partition coefficient (Wildman–Crippen LogP) is 5.19. The summed E-state index contributed by atoms with van der Waals surface area (Å²) in [6.45, 7) is 5.19. The zero-order chi connectivity index (χ0) is 23.4. The Labute approximate surface area is 182 Å². The van der Waals surface area contributed by atoms with Gasteiger partial charge >= 0.3 is 6.18 Å². The number of benzene rings is 2. The molecule has 1 aliphatic rings. The van der Waals surface area contributed by atoms with Gasteiger partial charge in [-0.2, -0.15) is 13.2 Å². The topological polar surface area (TPSA) is 85.4 Å². The number of halogens is 3. The highest BCUT2D eigenvalue weighted by atomic mass is 19.4. The van der Waals surface area contributed by atoms with Gasteiger partial charge in [0.1, 0.15) is 5.75 Å². The second kappa shape index (κ2) is 7.55. The molecule has 4 N–H and O–H groups in total. The number of H-pyrrole nitrogens is 1. The zero-order valence-electron chi connectivity index (χ0n) is 18.0. The molecule has 170 valence electrons. The zero-order valence-corrected chi connectivity index (χ0v) is 18.0. The molecular weight excluding hydrogens is 421 g/mol. The average Bonchev–Trinajstić information content (AvgIpc) is 2.72. The Morgan fingerprint density at radius 1 is 1.22 bits per heavy atom. The van der Waals surface area contributed by atoms with Crippen LogP contribution >= 0.6 is 0 Å².